The van der Waals surface area contributed by atoms with Crippen molar-refractivity contribution in [2.45, 2.75) is 0 Å². The molecule has 2 heterocycles. The standard InChI is InChI=1S/C22H24ClFN4O2/c23-17-2-1-3-20(16-17)26-10-14-28(15-11-26)22(30)21(29)27-12-8-25(9-13-27)19-6-4-18(24)5-7-19/h1-7,16H,8-15H2. The summed E-state index contributed by atoms with van der Waals surface area (Å²) in [6.07, 6.45) is 0. The molecule has 2 amide bonds. The minimum Gasteiger partial charge on any atom is -0.368 e. The van der Waals surface area contributed by atoms with E-state index in [-0.39, 0.29) is 5.82 Å². The summed E-state index contributed by atoms with van der Waals surface area (Å²) in [6, 6.07) is 14.0. The number of nitrogens with zero attached hydrogens (tertiary/aromatic N) is 4. The van der Waals surface area contributed by atoms with Crippen LogP contribution in [-0.4, -0.2) is 74.0 Å². The topological polar surface area (TPSA) is 47.1 Å². The Morgan fingerprint density at radius 3 is 1.70 bits per heavy atom. The number of carbonyl (C=O) groups is 2. The fourth-order valence-corrected chi connectivity index (χ4v) is 4.12. The summed E-state index contributed by atoms with van der Waals surface area (Å²) in [5, 5.41) is 0.681. The second-order valence-corrected chi connectivity index (χ2v) is 7.95. The van der Waals surface area contributed by atoms with Crippen LogP contribution >= 0.6 is 11.6 Å². The molecule has 0 aliphatic carbocycles. The van der Waals surface area contributed by atoms with Gasteiger partial charge in [-0.05, 0) is 42.5 Å². The average Bonchev–Trinajstić information content (AvgIpc) is 2.79. The summed E-state index contributed by atoms with van der Waals surface area (Å²) in [7, 11) is 0. The van der Waals surface area contributed by atoms with Crippen LogP contribution in [0.3, 0.4) is 0 Å². The minimum absolute atomic E-state index is 0.270. The maximum absolute atomic E-state index is 13.1. The van der Waals surface area contributed by atoms with Crippen LogP contribution < -0.4 is 9.80 Å². The Morgan fingerprint density at radius 2 is 1.20 bits per heavy atom. The van der Waals surface area contributed by atoms with Crippen molar-refractivity contribution in [1.82, 2.24) is 9.80 Å². The lowest BCUT2D eigenvalue weighted by molar-refractivity contribution is -0.152. The summed E-state index contributed by atoms with van der Waals surface area (Å²) in [5.41, 5.74) is 1.95. The lowest BCUT2D eigenvalue weighted by Crippen LogP contribution is -2.56. The third kappa shape index (κ3) is 4.51. The molecule has 2 aliphatic heterocycles. The van der Waals surface area contributed by atoms with Crippen molar-refractivity contribution in [3.05, 3.63) is 59.4 Å². The number of hydrogen-bond donors (Lipinski definition) is 0. The Kier molecular flexibility index (Phi) is 6.08. The van der Waals surface area contributed by atoms with Crippen LogP contribution in [0, 0.1) is 5.82 Å². The molecule has 6 nitrogen and oxygen atoms in total. The Labute approximate surface area is 180 Å². The molecule has 2 aromatic rings. The van der Waals surface area contributed by atoms with Crippen LogP contribution in [-0.2, 0) is 9.59 Å². The van der Waals surface area contributed by atoms with E-state index >= 15 is 0 Å². The first kappa shape index (κ1) is 20.5. The summed E-state index contributed by atoms with van der Waals surface area (Å²) in [5.74, 6) is -1.14. The quantitative estimate of drug-likeness (QED) is 0.687. The molecule has 2 aromatic carbocycles. The van der Waals surface area contributed by atoms with Crippen LogP contribution in [0.4, 0.5) is 15.8 Å². The van der Waals surface area contributed by atoms with Gasteiger partial charge in [0.1, 0.15) is 5.82 Å². The van der Waals surface area contributed by atoms with E-state index in [0.29, 0.717) is 57.4 Å². The SMILES string of the molecule is O=C(C(=O)N1CCN(c2cccc(Cl)c2)CC1)N1CCN(c2ccc(F)cc2)CC1. The number of amides is 2. The molecule has 8 heteroatoms. The third-order valence-electron chi connectivity index (χ3n) is 5.68. The normalized spacial score (nSPS) is 17.3. The minimum atomic E-state index is -0.440. The van der Waals surface area contributed by atoms with Crippen molar-refractivity contribution < 1.29 is 14.0 Å². The van der Waals surface area contributed by atoms with Gasteiger partial charge in [-0.25, -0.2) is 4.39 Å². The van der Waals surface area contributed by atoms with E-state index in [1.165, 1.54) is 12.1 Å². The molecule has 4 rings (SSSR count). The third-order valence-corrected chi connectivity index (χ3v) is 5.92. The van der Waals surface area contributed by atoms with Gasteiger partial charge >= 0.3 is 11.8 Å². The van der Waals surface area contributed by atoms with Crippen molar-refractivity contribution >= 4 is 34.8 Å². The Hall–Kier alpha value is -2.80. The van der Waals surface area contributed by atoms with Gasteiger partial charge in [-0.15, -0.1) is 0 Å². The zero-order chi connectivity index (χ0) is 21.1. The number of rotatable bonds is 2. The number of halogens is 2. The lowest BCUT2D eigenvalue weighted by Gasteiger charge is -2.38. The molecule has 0 atom stereocenters. The highest BCUT2D eigenvalue weighted by Crippen LogP contribution is 2.21. The zero-order valence-corrected chi connectivity index (χ0v) is 17.4. The molecule has 0 spiro atoms. The maximum atomic E-state index is 13.1. The largest absolute Gasteiger partial charge is 0.368 e. The molecule has 2 fully saturated rings. The van der Waals surface area contributed by atoms with Gasteiger partial charge in [0, 0.05) is 68.8 Å². The van der Waals surface area contributed by atoms with Crippen molar-refractivity contribution in [1.29, 1.82) is 0 Å². The van der Waals surface area contributed by atoms with Crippen molar-refractivity contribution in [2.24, 2.45) is 0 Å². The molecule has 0 radical (unpaired) electrons. The number of anilines is 2. The maximum Gasteiger partial charge on any atom is 0.312 e. The molecule has 0 N–H and O–H groups in total. The van der Waals surface area contributed by atoms with Crippen LogP contribution in [0.15, 0.2) is 48.5 Å². The molecule has 0 aromatic heterocycles. The van der Waals surface area contributed by atoms with Crippen molar-refractivity contribution in [2.75, 3.05) is 62.2 Å². The first-order chi connectivity index (χ1) is 14.5. The van der Waals surface area contributed by atoms with Crippen molar-refractivity contribution in [3.8, 4) is 0 Å². The van der Waals surface area contributed by atoms with Crippen LogP contribution in [0.5, 0.6) is 0 Å². The number of benzene rings is 2. The van der Waals surface area contributed by atoms with Gasteiger partial charge in [0.2, 0.25) is 0 Å². The molecule has 30 heavy (non-hydrogen) atoms. The molecular weight excluding hydrogens is 407 g/mol. The van der Waals surface area contributed by atoms with Crippen LogP contribution in [0.2, 0.25) is 5.02 Å². The van der Waals surface area contributed by atoms with E-state index in [1.54, 1.807) is 21.9 Å². The zero-order valence-electron chi connectivity index (χ0n) is 16.6. The van der Waals surface area contributed by atoms with Gasteiger partial charge in [0.05, 0.1) is 0 Å². The Bertz CT molecular complexity index is 908. The van der Waals surface area contributed by atoms with E-state index in [9.17, 15) is 14.0 Å². The highest BCUT2D eigenvalue weighted by molar-refractivity contribution is 6.35. The Balaban J connectivity index is 1.28. The number of carbonyl (C=O) groups excluding carboxylic acids is 2. The highest BCUT2D eigenvalue weighted by Gasteiger charge is 2.31. The highest BCUT2D eigenvalue weighted by atomic mass is 35.5. The monoisotopic (exact) mass is 430 g/mol. The van der Waals surface area contributed by atoms with Crippen molar-refractivity contribution in [3.63, 3.8) is 0 Å². The van der Waals surface area contributed by atoms with Crippen LogP contribution in [0.25, 0.3) is 0 Å². The summed E-state index contributed by atoms with van der Waals surface area (Å²) < 4.78 is 13.1. The smallest absolute Gasteiger partial charge is 0.312 e. The second kappa shape index (κ2) is 8.92. The second-order valence-electron chi connectivity index (χ2n) is 7.51. The van der Waals surface area contributed by atoms with Crippen LogP contribution in [0.1, 0.15) is 0 Å². The van der Waals surface area contributed by atoms with E-state index in [0.717, 1.165) is 11.4 Å². The first-order valence-corrected chi connectivity index (χ1v) is 10.5. The number of piperazine rings is 2. The molecule has 0 unspecified atom stereocenters. The fourth-order valence-electron chi connectivity index (χ4n) is 3.93. The molecule has 0 bridgehead atoms. The number of hydrogen-bond acceptors (Lipinski definition) is 4. The van der Waals surface area contributed by atoms with Gasteiger partial charge in [-0.2, -0.15) is 0 Å². The summed E-state index contributed by atoms with van der Waals surface area (Å²) in [4.78, 5) is 33.0. The fraction of sp³-hybridized carbons (Fsp3) is 0.364. The van der Waals surface area contributed by atoms with E-state index in [4.69, 9.17) is 11.6 Å². The predicted octanol–water partition coefficient (Wildman–Crippen LogP) is 2.48. The summed E-state index contributed by atoms with van der Waals surface area (Å²) >= 11 is 6.07. The van der Waals surface area contributed by atoms with Gasteiger partial charge in [0.15, 0.2) is 0 Å². The molecule has 2 saturated heterocycles. The van der Waals surface area contributed by atoms with Gasteiger partial charge in [-0.1, -0.05) is 17.7 Å². The Morgan fingerprint density at radius 1 is 0.700 bits per heavy atom. The molecule has 0 saturated carbocycles. The first-order valence-electron chi connectivity index (χ1n) is 10.1. The van der Waals surface area contributed by atoms with E-state index < -0.39 is 11.8 Å². The average molecular weight is 431 g/mol. The van der Waals surface area contributed by atoms with E-state index in [2.05, 4.69) is 9.80 Å². The summed E-state index contributed by atoms with van der Waals surface area (Å²) in [6.45, 7) is 4.53. The van der Waals surface area contributed by atoms with E-state index in [1.807, 2.05) is 24.3 Å². The lowest BCUT2D eigenvalue weighted by atomic mass is 10.2. The van der Waals surface area contributed by atoms with Gasteiger partial charge < -0.3 is 19.6 Å². The molecular formula is C22H24ClFN4O2. The molecule has 158 valence electrons. The predicted molar refractivity (Wildman–Crippen MR) is 115 cm³/mol. The van der Waals surface area contributed by atoms with Gasteiger partial charge in [-0.3, -0.25) is 9.59 Å². The van der Waals surface area contributed by atoms with Gasteiger partial charge in [0.25, 0.3) is 0 Å². The molecule has 2 aliphatic rings.